The summed E-state index contributed by atoms with van der Waals surface area (Å²) in [6, 6.07) is 16.5. The molecule has 0 unspecified atom stereocenters. The van der Waals surface area contributed by atoms with Gasteiger partial charge in [-0.2, -0.15) is 0 Å². The average molecular weight is 265 g/mol. The summed E-state index contributed by atoms with van der Waals surface area (Å²) in [6.45, 7) is 0. The van der Waals surface area contributed by atoms with E-state index in [4.69, 9.17) is 0 Å². The molecule has 0 saturated carbocycles. The van der Waals surface area contributed by atoms with E-state index < -0.39 is 0 Å². The fraction of sp³-hybridized carbons (Fsp3) is 0.0588. The Morgan fingerprint density at radius 2 is 1.50 bits per heavy atom. The van der Waals surface area contributed by atoms with Crippen LogP contribution in [0.3, 0.4) is 0 Å². The summed E-state index contributed by atoms with van der Waals surface area (Å²) < 4.78 is 1.91. The van der Waals surface area contributed by atoms with Gasteiger partial charge in [0.1, 0.15) is 11.5 Å². The molecule has 0 aliphatic heterocycles. The molecular weight excluding hydrogens is 250 g/mol. The Hall–Kier alpha value is -2.68. The fourth-order valence-corrected chi connectivity index (χ4v) is 2.34. The number of benzene rings is 2. The zero-order valence-electron chi connectivity index (χ0n) is 10.9. The third kappa shape index (κ3) is 2.38. The van der Waals surface area contributed by atoms with Crippen LogP contribution in [0.15, 0.2) is 67.0 Å². The molecule has 0 bridgehead atoms. The van der Waals surface area contributed by atoms with Gasteiger partial charge in [0.25, 0.3) is 0 Å². The number of para-hydroxylation sites is 1. The molecule has 3 aromatic rings. The van der Waals surface area contributed by atoms with Gasteiger partial charge in [0, 0.05) is 12.4 Å². The van der Waals surface area contributed by atoms with Crippen LogP contribution < -0.4 is 0 Å². The van der Waals surface area contributed by atoms with Crippen LogP contribution in [-0.4, -0.2) is 14.8 Å². The van der Waals surface area contributed by atoms with Crippen molar-refractivity contribution in [3.05, 3.63) is 78.1 Å². The van der Waals surface area contributed by atoms with Crippen molar-refractivity contribution >= 4 is 0 Å². The molecular formula is C17H15NO2. The molecule has 3 rings (SSSR count). The van der Waals surface area contributed by atoms with E-state index in [2.05, 4.69) is 0 Å². The normalized spacial score (nSPS) is 10.6. The number of phenols is 2. The lowest BCUT2D eigenvalue weighted by atomic mass is 10.0. The minimum Gasteiger partial charge on any atom is -0.508 e. The van der Waals surface area contributed by atoms with E-state index >= 15 is 0 Å². The number of aromatic hydroxyl groups is 2. The van der Waals surface area contributed by atoms with E-state index in [0.717, 1.165) is 16.8 Å². The third-order valence-corrected chi connectivity index (χ3v) is 3.29. The van der Waals surface area contributed by atoms with Crippen LogP contribution in [0.1, 0.15) is 11.1 Å². The van der Waals surface area contributed by atoms with E-state index in [1.807, 2.05) is 53.4 Å². The predicted octanol–water partition coefficient (Wildman–Crippen LogP) is 3.48. The van der Waals surface area contributed by atoms with Crippen LogP contribution in [-0.2, 0) is 6.42 Å². The molecule has 3 nitrogen and oxygen atoms in total. The Kier molecular flexibility index (Phi) is 3.17. The molecule has 0 aliphatic carbocycles. The lowest BCUT2D eigenvalue weighted by Crippen LogP contribution is -1.99. The van der Waals surface area contributed by atoms with Crippen LogP contribution >= 0.6 is 0 Å². The maximum Gasteiger partial charge on any atom is 0.139 e. The number of aromatic nitrogens is 1. The maximum absolute atomic E-state index is 10.1. The first kappa shape index (κ1) is 12.4. The minimum atomic E-state index is 0.260. The summed E-state index contributed by atoms with van der Waals surface area (Å²) in [5, 5.41) is 19.5. The Balaban J connectivity index is 2.01. The third-order valence-electron chi connectivity index (χ3n) is 3.29. The molecule has 1 aromatic heterocycles. The molecule has 2 N–H and O–H groups in total. The van der Waals surface area contributed by atoms with Crippen LogP contribution in [0.2, 0.25) is 0 Å². The lowest BCUT2D eigenvalue weighted by Gasteiger charge is -2.12. The van der Waals surface area contributed by atoms with Crippen molar-refractivity contribution in [1.29, 1.82) is 0 Å². The van der Waals surface area contributed by atoms with Crippen LogP contribution in [0.4, 0.5) is 0 Å². The quantitative estimate of drug-likeness (QED) is 0.761. The van der Waals surface area contributed by atoms with Gasteiger partial charge in [0.2, 0.25) is 0 Å². The zero-order valence-corrected chi connectivity index (χ0v) is 10.9. The van der Waals surface area contributed by atoms with Crippen molar-refractivity contribution in [2.45, 2.75) is 6.42 Å². The summed E-state index contributed by atoms with van der Waals surface area (Å²) in [5.74, 6) is 0.521. The highest BCUT2D eigenvalue weighted by Crippen LogP contribution is 2.27. The van der Waals surface area contributed by atoms with Gasteiger partial charge in [0.15, 0.2) is 0 Å². The first-order valence-electron chi connectivity index (χ1n) is 6.46. The monoisotopic (exact) mass is 265 g/mol. The highest BCUT2D eigenvalue weighted by atomic mass is 16.3. The molecule has 20 heavy (non-hydrogen) atoms. The summed E-state index contributed by atoms with van der Waals surface area (Å²) >= 11 is 0. The van der Waals surface area contributed by atoms with Crippen molar-refractivity contribution in [1.82, 2.24) is 4.57 Å². The molecule has 2 aromatic carbocycles. The number of hydrogen-bond donors (Lipinski definition) is 2. The fourth-order valence-electron chi connectivity index (χ4n) is 2.34. The molecule has 3 heteroatoms. The molecule has 0 amide bonds. The molecule has 0 radical (unpaired) electrons. The number of nitrogens with zero attached hydrogens (tertiary/aromatic N) is 1. The minimum absolute atomic E-state index is 0.260. The summed E-state index contributed by atoms with van der Waals surface area (Å²) in [7, 11) is 0. The topological polar surface area (TPSA) is 45.4 Å². The van der Waals surface area contributed by atoms with E-state index in [1.165, 1.54) is 0 Å². The highest BCUT2D eigenvalue weighted by molar-refractivity contribution is 5.54. The van der Waals surface area contributed by atoms with Gasteiger partial charge in [-0.15, -0.1) is 0 Å². The second kappa shape index (κ2) is 5.13. The van der Waals surface area contributed by atoms with Gasteiger partial charge in [0.05, 0.1) is 5.69 Å². The smallest absolute Gasteiger partial charge is 0.139 e. The van der Waals surface area contributed by atoms with E-state index in [0.29, 0.717) is 6.42 Å². The number of rotatable bonds is 3. The van der Waals surface area contributed by atoms with Gasteiger partial charge in [-0.3, -0.25) is 0 Å². The second-order valence-corrected chi connectivity index (χ2v) is 4.72. The summed E-state index contributed by atoms with van der Waals surface area (Å²) in [5.41, 5.74) is 2.92. The van der Waals surface area contributed by atoms with Gasteiger partial charge >= 0.3 is 0 Å². The second-order valence-electron chi connectivity index (χ2n) is 4.72. The Morgan fingerprint density at radius 3 is 2.20 bits per heavy atom. The van der Waals surface area contributed by atoms with Crippen LogP contribution in [0, 0.1) is 0 Å². The van der Waals surface area contributed by atoms with Gasteiger partial charge in [-0.25, -0.2) is 0 Å². The van der Waals surface area contributed by atoms with Crippen molar-refractivity contribution in [2.24, 2.45) is 0 Å². The van der Waals surface area contributed by atoms with Crippen molar-refractivity contribution in [2.75, 3.05) is 0 Å². The van der Waals surface area contributed by atoms with E-state index in [9.17, 15) is 10.2 Å². The SMILES string of the molecule is Oc1ccc(Cc2cccc(O)c2-n2cccc2)cc1. The van der Waals surface area contributed by atoms with E-state index in [-0.39, 0.29) is 11.5 Å². The number of hydrogen-bond acceptors (Lipinski definition) is 2. The Bertz CT molecular complexity index is 700. The standard InChI is InChI=1S/C17H15NO2/c19-15-8-6-13(7-9-15)12-14-4-3-5-16(20)17(14)18-10-1-2-11-18/h1-11,19-20H,12H2. The Morgan fingerprint density at radius 1 is 0.800 bits per heavy atom. The van der Waals surface area contributed by atoms with E-state index in [1.54, 1.807) is 18.2 Å². The zero-order chi connectivity index (χ0) is 13.9. The largest absolute Gasteiger partial charge is 0.508 e. The van der Waals surface area contributed by atoms with Gasteiger partial charge in [-0.05, 0) is 47.9 Å². The highest BCUT2D eigenvalue weighted by Gasteiger charge is 2.09. The molecule has 0 atom stereocenters. The molecule has 0 saturated heterocycles. The molecule has 0 fully saturated rings. The Labute approximate surface area is 117 Å². The summed E-state index contributed by atoms with van der Waals surface area (Å²) in [6.07, 6.45) is 4.52. The molecule has 100 valence electrons. The molecule has 0 spiro atoms. The number of phenolic OH excluding ortho intramolecular Hbond substituents is 2. The van der Waals surface area contributed by atoms with Crippen molar-refractivity contribution in [3.63, 3.8) is 0 Å². The first-order chi connectivity index (χ1) is 9.74. The maximum atomic E-state index is 10.1. The molecule has 0 aliphatic rings. The van der Waals surface area contributed by atoms with Gasteiger partial charge < -0.3 is 14.8 Å². The molecule has 1 heterocycles. The van der Waals surface area contributed by atoms with Crippen LogP contribution in [0.25, 0.3) is 5.69 Å². The predicted molar refractivity (Wildman–Crippen MR) is 78.3 cm³/mol. The average Bonchev–Trinajstić information content (AvgIpc) is 2.95. The summed E-state index contributed by atoms with van der Waals surface area (Å²) in [4.78, 5) is 0. The van der Waals surface area contributed by atoms with Crippen molar-refractivity contribution < 1.29 is 10.2 Å². The first-order valence-corrected chi connectivity index (χ1v) is 6.46. The lowest BCUT2D eigenvalue weighted by molar-refractivity contribution is 0.471. The van der Waals surface area contributed by atoms with Crippen molar-refractivity contribution in [3.8, 4) is 17.2 Å². The van der Waals surface area contributed by atoms with Gasteiger partial charge in [-0.1, -0.05) is 24.3 Å². The van der Waals surface area contributed by atoms with Crippen LogP contribution in [0.5, 0.6) is 11.5 Å².